The largest absolute Gasteiger partial charge is 0.496 e. The summed E-state index contributed by atoms with van der Waals surface area (Å²) in [6, 6.07) is 5.47. The molecule has 19 heavy (non-hydrogen) atoms. The molecule has 1 aliphatic heterocycles. The first-order valence-electron chi connectivity index (χ1n) is 6.50. The highest BCUT2D eigenvalue weighted by molar-refractivity contribution is 9.10. The summed E-state index contributed by atoms with van der Waals surface area (Å²) in [5.74, 6) is 0.903. The number of hydrogen-bond acceptors (Lipinski definition) is 4. The van der Waals surface area contributed by atoms with Crippen molar-refractivity contribution in [2.24, 2.45) is 0 Å². The number of ether oxygens (including phenoxy) is 1. The molecule has 104 valence electrons. The summed E-state index contributed by atoms with van der Waals surface area (Å²) in [5.41, 5.74) is 0.727. The number of methoxy groups -OCH3 is 1. The second kappa shape index (κ2) is 7.03. The van der Waals surface area contributed by atoms with E-state index < -0.39 is 0 Å². The Kier molecular flexibility index (Phi) is 5.36. The van der Waals surface area contributed by atoms with Crippen LogP contribution in [0.15, 0.2) is 22.7 Å². The van der Waals surface area contributed by atoms with Gasteiger partial charge in [-0.15, -0.1) is 0 Å². The van der Waals surface area contributed by atoms with Gasteiger partial charge in [0.25, 0.3) is 0 Å². The highest BCUT2D eigenvalue weighted by Crippen LogP contribution is 2.25. The molecule has 0 bridgehead atoms. The summed E-state index contributed by atoms with van der Waals surface area (Å²) in [6.45, 7) is 4.40. The maximum atomic E-state index is 12.3. The summed E-state index contributed by atoms with van der Waals surface area (Å²) in [5, 5.41) is 3.34. The van der Waals surface area contributed by atoms with E-state index in [-0.39, 0.29) is 5.78 Å². The van der Waals surface area contributed by atoms with Gasteiger partial charge in [0.2, 0.25) is 0 Å². The first kappa shape index (κ1) is 14.5. The van der Waals surface area contributed by atoms with Crippen LogP contribution >= 0.6 is 15.9 Å². The predicted molar refractivity (Wildman–Crippen MR) is 79.0 cm³/mol. The van der Waals surface area contributed by atoms with Gasteiger partial charge in [-0.3, -0.25) is 9.69 Å². The quantitative estimate of drug-likeness (QED) is 0.858. The van der Waals surface area contributed by atoms with Gasteiger partial charge in [0.15, 0.2) is 5.78 Å². The fourth-order valence-corrected chi connectivity index (χ4v) is 2.73. The molecule has 1 aliphatic rings. The van der Waals surface area contributed by atoms with E-state index in [4.69, 9.17) is 4.74 Å². The van der Waals surface area contributed by atoms with Crippen molar-refractivity contribution in [2.75, 3.05) is 39.8 Å². The molecule has 0 radical (unpaired) electrons. The fraction of sp³-hybridized carbons (Fsp3) is 0.500. The van der Waals surface area contributed by atoms with Gasteiger partial charge in [0, 0.05) is 18.7 Å². The summed E-state index contributed by atoms with van der Waals surface area (Å²) in [4.78, 5) is 14.5. The Morgan fingerprint density at radius 1 is 1.42 bits per heavy atom. The molecular weight excluding hydrogens is 308 g/mol. The van der Waals surface area contributed by atoms with Crippen molar-refractivity contribution in [3.63, 3.8) is 0 Å². The van der Waals surface area contributed by atoms with Gasteiger partial charge in [-0.2, -0.15) is 0 Å². The minimum atomic E-state index is 0.158. The SMILES string of the molecule is COc1ccc(C(=O)CN2CCCNCC2)cc1Br. The van der Waals surface area contributed by atoms with Gasteiger partial charge in [-0.25, -0.2) is 0 Å². The molecule has 1 N–H and O–H groups in total. The van der Waals surface area contributed by atoms with Crippen LogP contribution in [-0.4, -0.2) is 50.5 Å². The molecule has 0 atom stereocenters. The van der Waals surface area contributed by atoms with E-state index in [0.29, 0.717) is 6.54 Å². The van der Waals surface area contributed by atoms with Gasteiger partial charge in [0.05, 0.1) is 18.1 Å². The van der Waals surface area contributed by atoms with Crippen molar-refractivity contribution in [1.29, 1.82) is 0 Å². The Bertz CT molecular complexity index is 443. The zero-order valence-electron chi connectivity index (χ0n) is 11.1. The lowest BCUT2D eigenvalue weighted by atomic mass is 10.1. The van der Waals surface area contributed by atoms with Crippen LogP contribution in [0.3, 0.4) is 0 Å². The third kappa shape index (κ3) is 4.03. The number of nitrogens with one attached hydrogen (secondary N) is 1. The van der Waals surface area contributed by atoms with Gasteiger partial charge >= 0.3 is 0 Å². The van der Waals surface area contributed by atoms with Crippen molar-refractivity contribution in [1.82, 2.24) is 10.2 Å². The Hall–Kier alpha value is -0.910. The van der Waals surface area contributed by atoms with Crippen LogP contribution in [0, 0.1) is 0 Å². The van der Waals surface area contributed by atoms with Gasteiger partial charge < -0.3 is 10.1 Å². The summed E-state index contributed by atoms with van der Waals surface area (Å²) < 4.78 is 5.99. The molecule has 1 saturated heterocycles. The molecule has 0 aliphatic carbocycles. The smallest absolute Gasteiger partial charge is 0.176 e. The predicted octanol–water partition coefficient (Wildman–Crippen LogP) is 1.94. The third-order valence-electron chi connectivity index (χ3n) is 3.27. The number of carbonyl (C=O) groups is 1. The van der Waals surface area contributed by atoms with Crippen molar-refractivity contribution < 1.29 is 9.53 Å². The summed E-state index contributed by atoms with van der Waals surface area (Å²) in [6.07, 6.45) is 1.10. The average Bonchev–Trinajstić information content (AvgIpc) is 2.67. The molecule has 0 aromatic heterocycles. The lowest BCUT2D eigenvalue weighted by Crippen LogP contribution is -2.33. The number of rotatable bonds is 4. The van der Waals surface area contributed by atoms with Crippen molar-refractivity contribution in [3.05, 3.63) is 28.2 Å². The van der Waals surface area contributed by atoms with E-state index in [1.807, 2.05) is 18.2 Å². The highest BCUT2D eigenvalue weighted by Gasteiger charge is 2.15. The van der Waals surface area contributed by atoms with Crippen LogP contribution in [0.5, 0.6) is 5.75 Å². The topological polar surface area (TPSA) is 41.6 Å². The maximum Gasteiger partial charge on any atom is 0.176 e. The average molecular weight is 327 g/mol. The molecule has 1 aromatic carbocycles. The molecule has 5 heteroatoms. The van der Waals surface area contributed by atoms with Crippen LogP contribution in [0.4, 0.5) is 0 Å². The van der Waals surface area contributed by atoms with Crippen molar-refractivity contribution >= 4 is 21.7 Å². The zero-order valence-corrected chi connectivity index (χ0v) is 12.7. The molecule has 1 fully saturated rings. The van der Waals surface area contributed by atoms with E-state index in [9.17, 15) is 4.79 Å². The molecular formula is C14H19BrN2O2. The first-order valence-corrected chi connectivity index (χ1v) is 7.30. The standard InChI is InChI=1S/C14H19BrN2O2/c1-19-14-4-3-11(9-12(14)15)13(18)10-17-7-2-5-16-6-8-17/h3-4,9,16H,2,5-8,10H2,1H3. The number of ketones is 1. The van der Waals surface area contributed by atoms with E-state index in [1.165, 1.54) is 0 Å². The number of benzene rings is 1. The number of Topliss-reactive ketones (excluding diaryl/α,β-unsaturated/α-hetero) is 1. The monoisotopic (exact) mass is 326 g/mol. The van der Waals surface area contributed by atoms with E-state index in [2.05, 4.69) is 26.1 Å². The summed E-state index contributed by atoms with van der Waals surface area (Å²) >= 11 is 3.41. The number of nitrogens with zero attached hydrogens (tertiary/aromatic N) is 1. The van der Waals surface area contributed by atoms with E-state index in [0.717, 1.165) is 48.4 Å². The Morgan fingerprint density at radius 3 is 3.00 bits per heavy atom. The lowest BCUT2D eigenvalue weighted by Gasteiger charge is -2.18. The van der Waals surface area contributed by atoms with E-state index in [1.54, 1.807) is 7.11 Å². The molecule has 1 aromatic rings. The molecule has 0 amide bonds. The molecule has 0 spiro atoms. The van der Waals surface area contributed by atoms with Crippen molar-refractivity contribution in [2.45, 2.75) is 6.42 Å². The van der Waals surface area contributed by atoms with Gasteiger partial charge in [0.1, 0.15) is 5.75 Å². The normalized spacial score (nSPS) is 16.9. The summed E-state index contributed by atoms with van der Waals surface area (Å²) in [7, 11) is 1.62. The van der Waals surface area contributed by atoms with Gasteiger partial charge in [-0.1, -0.05) is 0 Å². The Balaban J connectivity index is 2.00. The zero-order chi connectivity index (χ0) is 13.7. The van der Waals surface area contributed by atoms with E-state index >= 15 is 0 Å². The van der Waals surface area contributed by atoms with Crippen LogP contribution in [0.25, 0.3) is 0 Å². The maximum absolute atomic E-state index is 12.3. The fourth-order valence-electron chi connectivity index (χ4n) is 2.19. The second-order valence-electron chi connectivity index (χ2n) is 4.65. The number of hydrogen-bond donors (Lipinski definition) is 1. The van der Waals surface area contributed by atoms with Crippen molar-refractivity contribution in [3.8, 4) is 5.75 Å². The molecule has 0 saturated carbocycles. The number of carbonyl (C=O) groups excluding carboxylic acids is 1. The third-order valence-corrected chi connectivity index (χ3v) is 3.89. The Labute approximate surface area is 122 Å². The molecule has 2 rings (SSSR count). The second-order valence-corrected chi connectivity index (χ2v) is 5.51. The molecule has 1 heterocycles. The minimum absolute atomic E-state index is 0.158. The minimum Gasteiger partial charge on any atom is -0.496 e. The Morgan fingerprint density at radius 2 is 2.26 bits per heavy atom. The lowest BCUT2D eigenvalue weighted by molar-refractivity contribution is 0.0935. The van der Waals surface area contributed by atoms with Crippen LogP contribution in [-0.2, 0) is 0 Å². The van der Waals surface area contributed by atoms with Gasteiger partial charge in [-0.05, 0) is 53.6 Å². The first-order chi connectivity index (χ1) is 9.20. The molecule has 0 unspecified atom stereocenters. The van der Waals surface area contributed by atoms with Crippen LogP contribution < -0.4 is 10.1 Å². The molecule has 4 nitrogen and oxygen atoms in total. The van der Waals surface area contributed by atoms with Crippen LogP contribution in [0.2, 0.25) is 0 Å². The number of halogens is 1. The highest BCUT2D eigenvalue weighted by atomic mass is 79.9. The van der Waals surface area contributed by atoms with Crippen LogP contribution in [0.1, 0.15) is 16.8 Å².